The molecular weight excluding hydrogens is 261 g/mol. The lowest BCUT2D eigenvalue weighted by Gasteiger charge is -2.00. The SMILES string of the molecule is NC(=O)c1ccc(C[n+]2cccc(C(N)=O)c2)cc1.[F-]. The first-order valence-electron chi connectivity index (χ1n) is 5.74. The van der Waals surface area contributed by atoms with Crippen molar-refractivity contribution in [2.75, 3.05) is 0 Å². The van der Waals surface area contributed by atoms with E-state index in [0.717, 1.165) is 5.56 Å². The van der Waals surface area contributed by atoms with Crippen molar-refractivity contribution in [3.8, 4) is 0 Å². The van der Waals surface area contributed by atoms with Gasteiger partial charge in [-0.3, -0.25) is 9.59 Å². The highest BCUT2D eigenvalue weighted by molar-refractivity contribution is 5.92. The zero-order valence-corrected chi connectivity index (χ0v) is 10.6. The monoisotopic (exact) mass is 275 g/mol. The van der Waals surface area contributed by atoms with Gasteiger partial charge < -0.3 is 16.2 Å². The molecule has 4 N–H and O–H groups in total. The Morgan fingerprint density at radius 3 is 2.10 bits per heavy atom. The van der Waals surface area contributed by atoms with Crippen molar-refractivity contribution in [2.24, 2.45) is 11.5 Å². The fraction of sp³-hybridized carbons (Fsp3) is 0.0714. The number of aromatic nitrogens is 1. The molecule has 104 valence electrons. The van der Waals surface area contributed by atoms with E-state index in [0.29, 0.717) is 17.7 Å². The highest BCUT2D eigenvalue weighted by Crippen LogP contribution is 2.03. The van der Waals surface area contributed by atoms with Crippen molar-refractivity contribution in [3.63, 3.8) is 0 Å². The van der Waals surface area contributed by atoms with E-state index in [4.69, 9.17) is 11.5 Å². The largest absolute Gasteiger partial charge is 1.00 e. The van der Waals surface area contributed by atoms with E-state index in [1.54, 1.807) is 30.5 Å². The standard InChI is InChI=1S/C14H13N3O2.FH/c15-13(18)11-5-3-10(4-6-11)8-17-7-1-2-12(9-17)14(16)19;/h1-7,9H,8H2,(H3-,15,16,18,19);1H. The summed E-state index contributed by atoms with van der Waals surface area (Å²) < 4.78 is 1.85. The van der Waals surface area contributed by atoms with E-state index in [9.17, 15) is 9.59 Å². The summed E-state index contributed by atoms with van der Waals surface area (Å²) in [6.45, 7) is 0.583. The number of amides is 2. The van der Waals surface area contributed by atoms with Crippen LogP contribution in [0.5, 0.6) is 0 Å². The highest BCUT2D eigenvalue weighted by atomic mass is 19.0. The van der Waals surface area contributed by atoms with Crippen LogP contribution in [-0.4, -0.2) is 11.8 Å². The molecule has 0 aliphatic rings. The van der Waals surface area contributed by atoms with Gasteiger partial charge in [-0.25, -0.2) is 0 Å². The van der Waals surface area contributed by atoms with Crippen LogP contribution in [-0.2, 0) is 6.54 Å². The molecule has 0 saturated heterocycles. The van der Waals surface area contributed by atoms with E-state index >= 15 is 0 Å². The molecule has 1 heterocycles. The molecule has 20 heavy (non-hydrogen) atoms. The summed E-state index contributed by atoms with van der Waals surface area (Å²) in [6.07, 6.45) is 3.53. The van der Waals surface area contributed by atoms with Crippen LogP contribution >= 0.6 is 0 Å². The Morgan fingerprint density at radius 1 is 0.950 bits per heavy atom. The van der Waals surface area contributed by atoms with Crippen molar-refractivity contribution >= 4 is 11.8 Å². The average Bonchev–Trinajstić information content (AvgIpc) is 2.39. The molecule has 0 fully saturated rings. The Balaban J connectivity index is 0.00000200. The van der Waals surface area contributed by atoms with E-state index in [1.807, 2.05) is 22.9 Å². The first-order valence-corrected chi connectivity index (χ1v) is 5.74. The number of primary amides is 2. The number of hydrogen-bond acceptors (Lipinski definition) is 2. The summed E-state index contributed by atoms with van der Waals surface area (Å²) in [5.74, 6) is -0.909. The summed E-state index contributed by atoms with van der Waals surface area (Å²) in [5, 5.41) is 0. The number of rotatable bonds is 4. The second kappa shape index (κ2) is 6.42. The highest BCUT2D eigenvalue weighted by Gasteiger charge is 2.08. The minimum Gasteiger partial charge on any atom is -1.00 e. The van der Waals surface area contributed by atoms with Gasteiger partial charge in [-0.1, -0.05) is 12.1 Å². The summed E-state index contributed by atoms with van der Waals surface area (Å²) >= 11 is 0. The third-order valence-corrected chi connectivity index (χ3v) is 2.75. The van der Waals surface area contributed by atoms with Gasteiger partial charge in [0.05, 0.1) is 0 Å². The maximum absolute atomic E-state index is 11.1. The molecule has 0 aliphatic carbocycles. The van der Waals surface area contributed by atoms with Crippen molar-refractivity contribution < 1.29 is 18.9 Å². The number of carbonyl (C=O) groups excluding carboxylic acids is 2. The first-order chi connectivity index (χ1) is 9.06. The number of benzene rings is 1. The van der Waals surface area contributed by atoms with Crippen molar-refractivity contribution in [1.82, 2.24) is 0 Å². The van der Waals surface area contributed by atoms with Gasteiger partial charge in [0, 0.05) is 17.2 Å². The van der Waals surface area contributed by atoms with E-state index in [1.165, 1.54) is 0 Å². The van der Waals surface area contributed by atoms with Gasteiger partial charge in [0.2, 0.25) is 5.91 Å². The van der Waals surface area contributed by atoms with Crippen LogP contribution in [0.25, 0.3) is 0 Å². The normalized spacial score (nSPS) is 9.60. The van der Waals surface area contributed by atoms with Gasteiger partial charge >= 0.3 is 0 Å². The molecule has 2 amide bonds. The molecule has 5 nitrogen and oxygen atoms in total. The fourth-order valence-corrected chi connectivity index (χ4v) is 1.75. The summed E-state index contributed by atoms with van der Waals surface area (Å²) in [7, 11) is 0. The Kier molecular flexibility index (Phi) is 4.91. The third kappa shape index (κ3) is 3.61. The molecule has 2 rings (SSSR count). The minimum absolute atomic E-state index is 0. The lowest BCUT2D eigenvalue weighted by Crippen LogP contribution is -3.00. The quantitative estimate of drug-likeness (QED) is 0.591. The van der Waals surface area contributed by atoms with Crippen molar-refractivity contribution in [2.45, 2.75) is 6.54 Å². The van der Waals surface area contributed by atoms with Crippen LogP contribution in [0.4, 0.5) is 0 Å². The second-order valence-electron chi connectivity index (χ2n) is 4.19. The summed E-state index contributed by atoms with van der Waals surface area (Å²) in [4.78, 5) is 22.0. The number of hydrogen-bond donors (Lipinski definition) is 2. The fourth-order valence-electron chi connectivity index (χ4n) is 1.75. The predicted molar refractivity (Wildman–Crippen MR) is 69.2 cm³/mol. The third-order valence-electron chi connectivity index (χ3n) is 2.75. The Hall–Kier alpha value is -2.76. The van der Waals surface area contributed by atoms with Crippen LogP contribution in [0, 0.1) is 0 Å². The molecule has 0 spiro atoms. The number of nitrogens with zero attached hydrogens (tertiary/aromatic N) is 1. The zero-order chi connectivity index (χ0) is 13.8. The average molecular weight is 275 g/mol. The molecule has 0 saturated carbocycles. The lowest BCUT2D eigenvalue weighted by atomic mass is 10.1. The molecule has 6 heteroatoms. The molecular formula is C14H14FN3O2. The molecule has 0 aliphatic heterocycles. The molecule has 1 aromatic carbocycles. The lowest BCUT2D eigenvalue weighted by molar-refractivity contribution is -0.688. The maximum atomic E-state index is 11.1. The topological polar surface area (TPSA) is 90.1 Å². The predicted octanol–water partition coefficient (Wildman–Crippen LogP) is -2.78. The smallest absolute Gasteiger partial charge is 0.254 e. The zero-order valence-electron chi connectivity index (χ0n) is 10.6. The van der Waals surface area contributed by atoms with Gasteiger partial charge in [-0.15, -0.1) is 0 Å². The summed E-state index contributed by atoms with van der Waals surface area (Å²) in [6, 6.07) is 10.4. The summed E-state index contributed by atoms with van der Waals surface area (Å²) in [5.41, 5.74) is 12.3. The van der Waals surface area contributed by atoms with Crippen LogP contribution in [0.2, 0.25) is 0 Å². The maximum Gasteiger partial charge on any atom is 0.254 e. The molecule has 0 unspecified atom stereocenters. The van der Waals surface area contributed by atoms with Gasteiger partial charge in [-0.05, 0) is 18.2 Å². The molecule has 2 aromatic rings. The van der Waals surface area contributed by atoms with Crippen LogP contribution in [0.3, 0.4) is 0 Å². The van der Waals surface area contributed by atoms with Crippen LogP contribution in [0.15, 0.2) is 48.8 Å². The Labute approximate surface area is 115 Å². The Bertz CT molecular complexity index is 627. The van der Waals surface area contributed by atoms with Crippen LogP contribution in [0.1, 0.15) is 26.3 Å². The van der Waals surface area contributed by atoms with Gasteiger partial charge in [0.25, 0.3) is 5.91 Å². The van der Waals surface area contributed by atoms with E-state index < -0.39 is 11.8 Å². The molecule has 0 atom stereocenters. The van der Waals surface area contributed by atoms with Crippen molar-refractivity contribution in [3.05, 3.63) is 65.5 Å². The van der Waals surface area contributed by atoms with Gasteiger partial charge in [0.1, 0.15) is 5.56 Å². The van der Waals surface area contributed by atoms with Gasteiger partial charge in [-0.2, -0.15) is 4.57 Å². The molecule has 0 bridgehead atoms. The Morgan fingerprint density at radius 2 is 1.55 bits per heavy atom. The number of nitrogens with two attached hydrogens (primary N) is 2. The molecule has 0 radical (unpaired) electrons. The van der Waals surface area contributed by atoms with Crippen LogP contribution < -0.4 is 20.7 Å². The van der Waals surface area contributed by atoms with Crippen molar-refractivity contribution in [1.29, 1.82) is 0 Å². The molecule has 1 aromatic heterocycles. The number of pyridine rings is 1. The van der Waals surface area contributed by atoms with E-state index in [2.05, 4.69) is 0 Å². The van der Waals surface area contributed by atoms with E-state index in [-0.39, 0.29) is 4.70 Å². The minimum atomic E-state index is -0.460. The number of carbonyl (C=O) groups is 2. The number of halogens is 1. The first kappa shape index (κ1) is 15.3. The second-order valence-corrected chi connectivity index (χ2v) is 4.19. The van der Waals surface area contributed by atoms with Gasteiger partial charge in [0.15, 0.2) is 18.9 Å².